The Balaban J connectivity index is 0.000000323. The van der Waals surface area contributed by atoms with Gasteiger partial charge in [-0.1, -0.05) is 117 Å². The fourth-order valence-corrected chi connectivity index (χ4v) is 5.49. The summed E-state index contributed by atoms with van der Waals surface area (Å²) in [5, 5.41) is 13.6. The molecule has 2 nitrogen and oxygen atoms in total. The number of aliphatic hydroxyl groups is 1. The van der Waals surface area contributed by atoms with Gasteiger partial charge in [0.1, 0.15) is 0 Å². The standard InChI is InChI=1S/C16H32OS.C12H23N/c1-3-5-7-9-10-12-14-15(16(17)18)13-11-8-6-4-2;1-3-7-11(8-4-1)13-12-9-5-2-6-10-12/h15H,3-14H2,1-2H3,(H,17,18);11-13H,1-10H2/t15-;/m0./s1. The van der Waals surface area contributed by atoms with Crippen molar-refractivity contribution in [2.24, 2.45) is 5.92 Å². The average Bonchev–Trinajstić information content (AvgIpc) is 2.79. The molecule has 0 saturated heterocycles. The molecule has 2 rings (SSSR count). The van der Waals surface area contributed by atoms with E-state index in [1.54, 1.807) is 0 Å². The third-order valence-electron chi connectivity index (χ3n) is 7.34. The summed E-state index contributed by atoms with van der Waals surface area (Å²) in [5.74, 6) is 0.281. The molecule has 2 aliphatic carbocycles. The van der Waals surface area contributed by atoms with Crippen LogP contribution in [0.15, 0.2) is 0 Å². The number of hydrogen-bond acceptors (Lipinski definition) is 2. The number of unbranched alkanes of at least 4 members (excludes halogenated alkanes) is 8. The fourth-order valence-electron chi connectivity index (χ4n) is 5.25. The molecule has 0 aromatic heterocycles. The first kappa shape index (κ1) is 28.9. The van der Waals surface area contributed by atoms with E-state index in [9.17, 15) is 5.11 Å². The van der Waals surface area contributed by atoms with Gasteiger partial charge in [0.2, 0.25) is 0 Å². The van der Waals surface area contributed by atoms with E-state index in [-0.39, 0.29) is 11.0 Å². The van der Waals surface area contributed by atoms with E-state index in [1.807, 2.05) is 0 Å². The van der Waals surface area contributed by atoms with Gasteiger partial charge in [-0.25, -0.2) is 0 Å². The molecule has 0 aliphatic heterocycles. The summed E-state index contributed by atoms with van der Waals surface area (Å²) < 4.78 is 0. The van der Waals surface area contributed by atoms with Crippen molar-refractivity contribution in [3.63, 3.8) is 0 Å². The molecule has 0 bridgehead atoms. The summed E-state index contributed by atoms with van der Waals surface area (Å²) in [6, 6.07) is 1.74. The Hall–Kier alpha value is -0.150. The van der Waals surface area contributed by atoms with Crippen LogP contribution in [0, 0.1) is 5.92 Å². The Labute approximate surface area is 200 Å². The van der Waals surface area contributed by atoms with E-state index in [0.29, 0.717) is 0 Å². The molecule has 184 valence electrons. The molecule has 2 aliphatic rings. The quantitative estimate of drug-likeness (QED) is 0.191. The van der Waals surface area contributed by atoms with Crippen molar-refractivity contribution in [2.75, 3.05) is 0 Å². The first-order valence-corrected chi connectivity index (χ1v) is 14.6. The van der Waals surface area contributed by atoms with E-state index < -0.39 is 0 Å². The zero-order valence-electron chi connectivity index (χ0n) is 21.1. The lowest BCUT2D eigenvalue weighted by Gasteiger charge is -2.30. The molecule has 2 N–H and O–H groups in total. The molecule has 0 amide bonds. The largest absolute Gasteiger partial charge is 0.502 e. The lowest BCUT2D eigenvalue weighted by atomic mass is 9.91. The molecular weight excluding hydrogens is 398 g/mol. The number of thiocarbonyl (C=S) groups is 1. The van der Waals surface area contributed by atoms with Gasteiger partial charge in [-0.15, -0.1) is 0 Å². The van der Waals surface area contributed by atoms with Crippen LogP contribution in [0.4, 0.5) is 0 Å². The van der Waals surface area contributed by atoms with Gasteiger partial charge < -0.3 is 10.4 Å². The molecule has 31 heavy (non-hydrogen) atoms. The normalized spacial score (nSPS) is 18.9. The Morgan fingerprint density at radius 3 is 1.48 bits per heavy atom. The van der Waals surface area contributed by atoms with Gasteiger partial charge in [-0.3, -0.25) is 0 Å². The summed E-state index contributed by atoms with van der Waals surface area (Å²) in [6.45, 7) is 4.47. The van der Waals surface area contributed by atoms with Crippen molar-refractivity contribution in [3.05, 3.63) is 0 Å². The highest BCUT2D eigenvalue weighted by Gasteiger charge is 2.19. The van der Waals surface area contributed by atoms with Crippen molar-refractivity contribution in [1.29, 1.82) is 0 Å². The summed E-state index contributed by atoms with van der Waals surface area (Å²) in [5.41, 5.74) is 0. The summed E-state index contributed by atoms with van der Waals surface area (Å²) in [7, 11) is 0. The maximum absolute atomic E-state index is 9.54. The van der Waals surface area contributed by atoms with Crippen molar-refractivity contribution in [1.82, 2.24) is 5.32 Å². The molecule has 0 aromatic rings. The van der Waals surface area contributed by atoms with E-state index >= 15 is 0 Å². The van der Waals surface area contributed by atoms with E-state index in [4.69, 9.17) is 12.2 Å². The van der Waals surface area contributed by atoms with Crippen molar-refractivity contribution < 1.29 is 5.11 Å². The number of hydrogen-bond donors (Lipinski definition) is 2. The van der Waals surface area contributed by atoms with Gasteiger partial charge >= 0.3 is 0 Å². The van der Waals surface area contributed by atoms with Gasteiger partial charge in [0.05, 0.1) is 0 Å². The van der Waals surface area contributed by atoms with E-state index in [2.05, 4.69) is 19.2 Å². The average molecular weight is 454 g/mol. The topological polar surface area (TPSA) is 32.3 Å². The fraction of sp³-hybridized carbons (Fsp3) is 0.964. The minimum absolute atomic E-state index is 0.250. The predicted molar refractivity (Wildman–Crippen MR) is 142 cm³/mol. The molecule has 0 unspecified atom stereocenters. The number of nitrogens with one attached hydrogen (secondary N) is 1. The lowest BCUT2D eigenvalue weighted by molar-refractivity contribution is 0.291. The monoisotopic (exact) mass is 453 g/mol. The lowest BCUT2D eigenvalue weighted by Crippen LogP contribution is -2.40. The molecule has 0 radical (unpaired) electrons. The van der Waals surface area contributed by atoms with Crippen LogP contribution < -0.4 is 5.32 Å². The van der Waals surface area contributed by atoms with Gasteiger partial charge in [0, 0.05) is 18.0 Å². The summed E-state index contributed by atoms with van der Waals surface area (Å²) >= 11 is 4.97. The van der Waals surface area contributed by atoms with Crippen LogP contribution in [0.2, 0.25) is 0 Å². The molecule has 0 heterocycles. The molecule has 2 saturated carbocycles. The van der Waals surface area contributed by atoms with Crippen LogP contribution in [-0.4, -0.2) is 22.2 Å². The highest BCUT2D eigenvalue weighted by Crippen LogP contribution is 2.23. The second kappa shape index (κ2) is 20.5. The molecule has 1 atom stereocenters. The maximum Gasteiger partial charge on any atom is 0.159 e. The van der Waals surface area contributed by atoms with Gasteiger partial charge in [0.15, 0.2) is 5.05 Å². The molecular formula is C28H55NOS. The Bertz CT molecular complexity index is 386. The summed E-state index contributed by atoms with van der Waals surface area (Å²) in [6.07, 6.45) is 29.7. The highest BCUT2D eigenvalue weighted by molar-refractivity contribution is 7.80. The SMILES string of the molecule is C1CCC(NC2CCCCC2)CC1.CCCCCCCC[C@H](CCCCCC)C(O)=S. The molecule has 2 fully saturated rings. The molecule has 0 aromatic carbocycles. The minimum atomic E-state index is 0.250. The first-order chi connectivity index (χ1) is 15.2. The maximum atomic E-state index is 9.54. The minimum Gasteiger partial charge on any atom is -0.502 e. The van der Waals surface area contributed by atoms with Gasteiger partial charge in [0.25, 0.3) is 0 Å². The van der Waals surface area contributed by atoms with Gasteiger partial charge in [-0.2, -0.15) is 0 Å². The zero-order chi connectivity index (χ0) is 22.6. The van der Waals surface area contributed by atoms with Crippen molar-refractivity contribution in [3.8, 4) is 0 Å². The van der Waals surface area contributed by atoms with E-state index in [0.717, 1.165) is 24.9 Å². The predicted octanol–water partition coefficient (Wildman–Crippen LogP) is 9.45. The van der Waals surface area contributed by atoms with Crippen molar-refractivity contribution >= 4 is 17.3 Å². The van der Waals surface area contributed by atoms with Crippen LogP contribution in [0.25, 0.3) is 0 Å². The highest BCUT2D eigenvalue weighted by atomic mass is 32.1. The van der Waals surface area contributed by atoms with Crippen LogP contribution in [0.3, 0.4) is 0 Å². The molecule has 3 heteroatoms. The van der Waals surface area contributed by atoms with Crippen LogP contribution in [0.1, 0.15) is 155 Å². The van der Waals surface area contributed by atoms with Gasteiger partial charge in [-0.05, 0) is 50.7 Å². The Morgan fingerprint density at radius 2 is 1.06 bits per heavy atom. The second-order valence-electron chi connectivity index (χ2n) is 10.3. The number of aliphatic hydroxyl groups excluding tert-OH is 1. The second-order valence-corrected chi connectivity index (χ2v) is 10.7. The number of rotatable bonds is 15. The van der Waals surface area contributed by atoms with Crippen LogP contribution >= 0.6 is 12.2 Å². The summed E-state index contributed by atoms with van der Waals surface area (Å²) in [4.78, 5) is 0. The van der Waals surface area contributed by atoms with Crippen molar-refractivity contribution in [2.45, 2.75) is 167 Å². The first-order valence-electron chi connectivity index (χ1n) is 14.2. The zero-order valence-corrected chi connectivity index (χ0v) is 22.0. The Morgan fingerprint density at radius 1 is 0.677 bits per heavy atom. The van der Waals surface area contributed by atoms with E-state index in [1.165, 1.54) is 128 Å². The molecule has 0 spiro atoms. The third kappa shape index (κ3) is 16.2. The smallest absolute Gasteiger partial charge is 0.159 e. The Kier molecular flexibility index (Phi) is 19.1. The van der Waals surface area contributed by atoms with Crippen LogP contribution in [-0.2, 0) is 0 Å². The third-order valence-corrected chi connectivity index (χ3v) is 7.68. The van der Waals surface area contributed by atoms with Crippen LogP contribution in [0.5, 0.6) is 0 Å².